The van der Waals surface area contributed by atoms with Gasteiger partial charge in [-0.05, 0) is 0 Å². The SMILES string of the molecule is COCCNC(=O)C(=O)NCCOCCO. The first-order valence-electron chi connectivity index (χ1n) is 4.96. The highest BCUT2D eigenvalue weighted by atomic mass is 16.5. The van der Waals surface area contributed by atoms with Crippen LogP contribution in [-0.2, 0) is 19.1 Å². The van der Waals surface area contributed by atoms with Crippen molar-refractivity contribution in [3.05, 3.63) is 0 Å². The van der Waals surface area contributed by atoms with Crippen molar-refractivity contribution < 1.29 is 24.2 Å². The lowest BCUT2D eigenvalue weighted by atomic mass is 10.5. The molecule has 94 valence electrons. The number of nitrogens with one attached hydrogen (secondary N) is 2. The monoisotopic (exact) mass is 234 g/mol. The van der Waals surface area contributed by atoms with Gasteiger partial charge in [0.1, 0.15) is 0 Å². The molecule has 0 saturated heterocycles. The first-order chi connectivity index (χ1) is 7.72. The minimum Gasteiger partial charge on any atom is -0.394 e. The van der Waals surface area contributed by atoms with Gasteiger partial charge in [-0.2, -0.15) is 0 Å². The maximum absolute atomic E-state index is 11.1. The Balaban J connectivity index is 3.44. The third kappa shape index (κ3) is 8.16. The van der Waals surface area contributed by atoms with Gasteiger partial charge >= 0.3 is 11.8 Å². The van der Waals surface area contributed by atoms with Crippen LogP contribution in [0.1, 0.15) is 0 Å². The zero-order chi connectivity index (χ0) is 12.2. The Morgan fingerprint density at radius 2 is 1.62 bits per heavy atom. The molecule has 16 heavy (non-hydrogen) atoms. The van der Waals surface area contributed by atoms with Gasteiger partial charge in [-0.1, -0.05) is 0 Å². The second-order valence-corrected chi connectivity index (χ2v) is 2.84. The normalized spacial score (nSPS) is 9.88. The number of carbonyl (C=O) groups is 2. The van der Waals surface area contributed by atoms with Crippen molar-refractivity contribution in [2.45, 2.75) is 0 Å². The molecule has 0 aromatic carbocycles. The van der Waals surface area contributed by atoms with Crippen molar-refractivity contribution in [3.8, 4) is 0 Å². The maximum Gasteiger partial charge on any atom is 0.309 e. The topological polar surface area (TPSA) is 96.9 Å². The third-order valence-corrected chi connectivity index (χ3v) is 1.57. The van der Waals surface area contributed by atoms with E-state index in [1.54, 1.807) is 0 Å². The molecule has 0 rings (SSSR count). The molecule has 3 N–H and O–H groups in total. The van der Waals surface area contributed by atoms with E-state index < -0.39 is 11.8 Å². The number of rotatable bonds is 8. The number of methoxy groups -OCH3 is 1. The summed E-state index contributed by atoms with van der Waals surface area (Å²) >= 11 is 0. The van der Waals surface area contributed by atoms with Crippen LogP contribution in [0.3, 0.4) is 0 Å². The minimum atomic E-state index is -0.705. The Morgan fingerprint density at radius 1 is 1.06 bits per heavy atom. The fourth-order valence-electron chi connectivity index (χ4n) is 0.831. The molecule has 0 atom stereocenters. The van der Waals surface area contributed by atoms with Crippen LogP contribution in [0, 0.1) is 0 Å². The van der Waals surface area contributed by atoms with Gasteiger partial charge in [-0.3, -0.25) is 9.59 Å². The molecular weight excluding hydrogens is 216 g/mol. The lowest BCUT2D eigenvalue weighted by Crippen LogP contribution is -2.42. The molecule has 0 aliphatic heterocycles. The molecule has 7 heteroatoms. The summed E-state index contributed by atoms with van der Waals surface area (Å²) in [5.41, 5.74) is 0. The molecule has 0 aliphatic rings. The lowest BCUT2D eigenvalue weighted by molar-refractivity contribution is -0.139. The van der Waals surface area contributed by atoms with E-state index in [4.69, 9.17) is 14.6 Å². The summed E-state index contributed by atoms with van der Waals surface area (Å²) in [5, 5.41) is 13.1. The van der Waals surface area contributed by atoms with E-state index in [1.165, 1.54) is 7.11 Å². The van der Waals surface area contributed by atoms with Gasteiger partial charge in [-0.25, -0.2) is 0 Å². The van der Waals surface area contributed by atoms with E-state index in [9.17, 15) is 9.59 Å². The van der Waals surface area contributed by atoms with Gasteiger partial charge in [0.05, 0.1) is 26.4 Å². The van der Waals surface area contributed by atoms with Crippen molar-refractivity contribution in [2.24, 2.45) is 0 Å². The van der Waals surface area contributed by atoms with Crippen LogP contribution in [0.4, 0.5) is 0 Å². The molecule has 0 unspecified atom stereocenters. The Morgan fingerprint density at radius 3 is 2.12 bits per heavy atom. The standard InChI is InChI=1S/C9H18N2O5/c1-15-5-2-10-8(13)9(14)11-3-6-16-7-4-12/h12H,2-7H2,1H3,(H,10,13)(H,11,14). The minimum absolute atomic E-state index is 0.0640. The van der Waals surface area contributed by atoms with E-state index in [2.05, 4.69) is 10.6 Å². The van der Waals surface area contributed by atoms with E-state index in [-0.39, 0.29) is 26.4 Å². The van der Waals surface area contributed by atoms with Gasteiger partial charge in [0, 0.05) is 20.2 Å². The van der Waals surface area contributed by atoms with Crippen LogP contribution < -0.4 is 10.6 Å². The first-order valence-corrected chi connectivity index (χ1v) is 4.96. The molecule has 0 heterocycles. The molecule has 0 bridgehead atoms. The molecule has 0 spiro atoms. The van der Waals surface area contributed by atoms with Crippen molar-refractivity contribution in [2.75, 3.05) is 46.6 Å². The van der Waals surface area contributed by atoms with Gasteiger partial charge < -0.3 is 25.2 Å². The van der Waals surface area contributed by atoms with Crippen LogP contribution in [0.25, 0.3) is 0 Å². The fourth-order valence-corrected chi connectivity index (χ4v) is 0.831. The summed E-state index contributed by atoms with van der Waals surface area (Å²) in [6.07, 6.45) is 0. The molecule has 0 aromatic rings. The van der Waals surface area contributed by atoms with Crippen molar-refractivity contribution in [1.29, 1.82) is 0 Å². The Hall–Kier alpha value is -1.18. The average Bonchev–Trinajstić information content (AvgIpc) is 2.28. The van der Waals surface area contributed by atoms with Crippen molar-refractivity contribution in [3.63, 3.8) is 0 Å². The summed E-state index contributed by atoms with van der Waals surface area (Å²) in [6.45, 7) is 1.30. The van der Waals surface area contributed by atoms with Crippen LogP contribution >= 0.6 is 0 Å². The molecule has 0 fully saturated rings. The fraction of sp³-hybridized carbons (Fsp3) is 0.778. The van der Waals surface area contributed by atoms with Crippen LogP contribution in [-0.4, -0.2) is 63.5 Å². The number of ether oxygens (including phenoxy) is 2. The third-order valence-electron chi connectivity index (χ3n) is 1.57. The lowest BCUT2D eigenvalue weighted by Gasteiger charge is -2.06. The highest BCUT2D eigenvalue weighted by molar-refractivity contribution is 6.35. The zero-order valence-corrected chi connectivity index (χ0v) is 9.32. The summed E-state index contributed by atoms with van der Waals surface area (Å²) in [5.74, 6) is -1.40. The average molecular weight is 234 g/mol. The Kier molecular flexibility index (Phi) is 9.58. The van der Waals surface area contributed by atoms with Crippen LogP contribution in [0.2, 0.25) is 0 Å². The number of carbonyl (C=O) groups excluding carboxylic acids is 2. The molecule has 0 saturated carbocycles. The number of aliphatic hydroxyl groups is 1. The predicted octanol–water partition coefficient (Wildman–Crippen LogP) is -2.13. The van der Waals surface area contributed by atoms with Crippen molar-refractivity contribution >= 4 is 11.8 Å². The largest absolute Gasteiger partial charge is 0.394 e. The molecule has 0 aliphatic carbocycles. The maximum atomic E-state index is 11.1. The van der Waals surface area contributed by atoms with Crippen molar-refractivity contribution in [1.82, 2.24) is 10.6 Å². The molecule has 7 nitrogen and oxygen atoms in total. The summed E-state index contributed by atoms with van der Waals surface area (Å²) in [7, 11) is 1.50. The van der Waals surface area contributed by atoms with Gasteiger partial charge in [0.15, 0.2) is 0 Å². The van der Waals surface area contributed by atoms with Gasteiger partial charge in [0.2, 0.25) is 0 Å². The summed E-state index contributed by atoms with van der Waals surface area (Å²) < 4.78 is 9.60. The van der Waals surface area contributed by atoms with E-state index in [0.717, 1.165) is 0 Å². The number of amides is 2. The smallest absolute Gasteiger partial charge is 0.309 e. The Labute approximate surface area is 94.1 Å². The second kappa shape index (κ2) is 10.3. The van der Waals surface area contributed by atoms with E-state index in [1.807, 2.05) is 0 Å². The van der Waals surface area contributed by atoms with Gasteiger partial charge in [0.25, 0.3) is 0 Å². The van der Waals surface area contributed by atoms with Gasteiger partial charge in [-0.15, -0.1) is 0 Å². The number of hydrogen-bond acceptors (Lipinski definition) is 5. The second-order valence-electron chi connectivity index (χ2n) is 2.84. The highest BCUT2D eigenvalue weighted by Gasteiger charge is 2.11. The van der Waals surface area contributed by atoms with E-state index >= 15 is 0 Å². The number of hydrogen-bond donors (Lipinski definition) is 3. The molecule has 2 amide bonds. The molecule has 0 aromatic heterocycles. The molecule has 0 radical (unpaired) electrons. The zero-order valence-electron chi connectivity index (χ0n) is 9.32. The summed E-state index contributed by atoms with van der Waals surface area (Å²) in [6, 6.07) is 0. The van der Waals surface area contributed by atoms with Crippen LogP contribution in [0.5, 0.6) is 0 Å². The first kappa shape index (κ1) is 14.8. The quantitative estimate of drug-likeness (QED) is 0.329. The Bertz CT molecular complexity index is 210. The van der Waals surface area contributed by atoms with Crippen LogP contribution in [0.15, 0.2) is 0 Å². The number of aliphatic hydroxyl groups excluding tert-OH is 1. The van der Waals surface area contributed by atoms with E-state index in [0.29, 0.717) is 13.2 Å². The predicted molar refractivity (Wildman–Crippen MR) is 55.8 cm³/mol. The highest BCUT2D eigenvalue weighted by Crippen LogP contribution is 1.74. The summed E-state index contributed by atoms with van der Waals surface area (Å²) in [4.78, 5) is 22.2. The molecular formula is C9H18N2O5.